The van der Waals surface area contributed by atoms with Crippen LogP contribution < -0.4 is 0 Å². The minimum atomic E-state index is -3.83. The molecular formula is C25H24Cl2FN3O3S2. The van der Waals surface area contributed by atoms with Crippen LogP contribution >= 0.6 is 34.5 Å². The average molecular weight is 569 g/mol. The fraction of sp³-hybridized carbons (Fsp3) is 0.320. The number of rotatable bonds is 5. The summed E-state index contributed by atoms with van der Waals surface area (Å²) in [5.41, 5.74) is 1.93. The summed E-state index contributed by atoms with van der Waals surface area (Å²) in [6, 6.07) is 12.7. The Balaban J connectivity index is 1.28. The zero-order valence-corrected chi connectivity index (χ0v) is 22.4. The molecule has 36 heavy (non-hydrogen) atoms. The Morgan fingerprint density at radius 3 is 2.56 bits per heavy atom. The topological polar surface area (TPSA) is 60.9 Å². The number of benzene rings is 2. The smallest absolute Gasteiger partial charge is 0.244 e. The number of amides is 1. The van der Waals surface area contributed by atoms with Crippen molar-refractivity contribution < 1.29 is 17.6 Å². The van der Waals surface area contributed by atoms with Crippen molar-refractivity contribution in [3.8, 4) is 0 Å². The molecule has 1 atom stereocenters. The molecule has 1 saturated heterocycles. The predicted molar refractivity (Wildman–Crippen MR) is 140 cm³/mol. The van der Waals surface area contributed by atoms with E-state index >= 15 is 0 Å². The maximum Gasteiger partial charge on any atom is 0.244 e. The van der Waals surface area contributed by atoms with E-state index in [1.807, 2.05) is 11.4 Å². The van der Waals surface area contributed by atoms with Crippen molar-refractivity contribution in [3.63, 3.8) is 0 Å². The van der Waals surface area contributed by atoms with E-state index in [1.165, 1.54) is 39.5 Å². The molecule has 2 aliphatic heterocycles. The number of sulfonamides is 1. The Morgan fingerprint density at radius 1 is 1.03 bits per heavy atom. The van der Waals surface area contributed by atoms with Crippen LogP contribution in [0.3, 0.4) is 0 Å². The van der Waals surface area contributed by atoms with Gasteiger partial charge >= 0.3 is 0 Å². The van der Waals surface area contributed by atoms with Crippen molar-refractivity contribution in [1.82, 2.24) is 14.1 Å². The van der Waals surface area contributed by atoms with Crippen LogP contribution in [0.4, 0.5) is 4.39 Å². The number of halogens is 3. The van der Waals surface area contributed by atoms with Crippen LogP contribution in [0.25, 0.3) is 0 Å². The zero-order valence-electron chi connectivity index (χ0n) is 19.2. The second-order valence-corrected chi connectivity index (χ2v) is 12.6. The number of thiophene rings is 1. The molecule has 0 radical (unpaired) electrons. The van der Waals surface area contributed by atoms with Crippen LogP contribution in [-0.4, -0.2) is 67.7 Å². The van der Waals surface area contributed by atoms with Gasteiger partial charge in [0, 0.05) is 42.6 Å². The van der Waals surface area contributed by atoms with Crippen LogP contribution in [0.2, 0.25) is 10.0 Å². The Kier molecular flexibility index (Phi) is 7.40. The maximum atomic E-state index is 14.0. The van der Waals surface area contributed by atoms with Gasteiger partial charge in [-0.1, -0.05) is 35.3 Å². The number of piperazine rings is 1. The van der Waals surface area contributed by atoms with Crippen LogP contribution in [0.15, 0.2) is 58.8 Å². The maximum absolute atomic E-state index is 14.0. The molecule has 3 heterocycles. The lowest BCUT2D eigenvalue weighted by atomic mass is 9.93. The van der Waals surface area contributed by atoms with Crippen molar-refractivity contribution >= 4 is 50.5 Å². The van der Waals surface area contributed by atoms with Gasteiger partial charge in [0.1, 0.15) is 10.7 Å². The van der Waals surface area contributed by atoms with Crippen molar-refractivity contribution in [1.29, 1.82) is 0 Å². The van der Waals surface area contributed by atoms with Crippen molar-refractivity contribution in [2.24, 2.45) is 0 Å². The Morgan fingerprint density at radius 2 is 1.81 bits per heavy atom. The summed E-state index contributed by atoms with van der Waals surface area (Å²) in [6.07, 6.45) is 0.832. The van der Waals surface area contributed by atoms with Gasteiger partial charge in [0.2, 0.25) is 15.9 Å². The molecule has 3 aromatic rings. The first-order valence-electron chi connectivity index (χ1n) is 11.5. The monoisotopic (exact) mass is 567 g/mol. The second kappa shape index (κ2) is 10.4. The minimum absolute atomic E-state index is 0.0331. The normalized spacial score (nSPS) is 19.3. The Hall–Kier alpha value is -2.01. The minimum Gasteiger partial charge on any atom is -0.339 e. The molecule has 1 fully saturated rings. The second-order valence-electron chi connectivity index (χ2n) is 8.84. The largest absolute Gasteiger partial charge is 0.339 e. The third kappa shape index (κ3) is 5.05. The molecule has 0 saturated carbocycles. The number of carbonyl (C=O) groups is 1. The highest BCUT2D eigenvalue weighted by molar-refractivity contribution is 7.89. The highest BCUT2D eigenvalue weighted by Gasteiger charge is 2.35. The summed E-state index contributed by atoms with van der Waals surface area (Å²) in [7, 11) is -3.83. The van der Waals surface area contributed by atoms with E-state index < -0.39 is 10.0 Å². The lowest BCUT2D eigenvalue weighted by Crippen LogP contribution is -2.53. The van der Waals surface area contributed by atoms with Crippen LogP contribution in [-0.2, 0) is 21.2 Å². The van der Waals surface area contributed by atoms with Crippen LogP contribution in [0.1, 0.15) is 22.0 Å². The van der Waals surface area contributed by atoms with Gasteiger partial charge in [-0.3, -0.25) is 9.69 Å². The summed E-state index contributed by atoms with van der Waals surface area (Å²) < 4.78 is 41.6. The summed E-state index contributed by atoms with van der Waals surface area (Å²) >= 11 is 13.8. The fourth-order valence-electron chi connectivity index (χ4n) is 4.87. The van der Waals surface area contributed by atoms with Gasteiger partial charge in [0.05, 0.1) is 17.6 Å². The molecule has 0 bridgehead atoms. The van der Waals surface area contributed by atoms with E-state index in [2.05, 4.69) is 11.0 Å². The van der Waals surface area contributed by atoms with Gasteiger partial charge in [-0.2, -0.15) is 4.31 Å². The standard InChI is InChI=1S/C25H24Cl2FN3O3S2/c26-18-4-5-21(27)23(15-18)36(33,34)31-11-9-29(10-12-31)24(32)16-30-8-6-22-20(7-13-35-22)25(30)17-2-1-3-19(28)14-17/h1-5,7,13-15,25H,6,8-12,16H2/t25-/m0/s1. The van der Waals surface area contributed by atoms with Gasteiger partial charge in [-0.05, 0) is 59.3 Å². The molecule has 1 amide bonds. The van der Waals surface area contributed by atoms with Crippen LogP contribution in [0, 0.1) is 5.82 Å². The molecule has 11 heteroatoms. The molecule has 5 rings (SSSR count). The lowest BCUT2D eigenvalue weighted by Gasteiger charge is -2.39. The van der Waals surface area contributed by atoms with E-state index in [9.17, 15) is 17.6 Å². The van der Waals surface area contributed by atoms with E-state index in [1.54, 1.807) is 22.3 Å². The predicted octanol–water partition coefficient (Wildman–Crippen LogP) is 4.67. The summed E-state index contributed by atoms with van der Waals surface area (Å²) in [5, 5.41) is 2.43. The molecule has 0 N–H and O–H groups in total. The van der Waals surface area contributed by atoms with Gasteiger partial charge in [0.15, 0.2) is 0 Å². The third-order valence-electron chi connectivity index (χ3n) is 6.67. The SMILES string of the molecule is O=C(CN1CCc2sccc2[C@@H]1c1cccc(F)c1)N1CCN(S(=O)(=O)c2cc(Cl)ccc2Cl)CC1. The van der Waals surface area contributed by atoms with Gasteiger partial charge in [0.25, 0.3) is 0 Å². The first-order chi connectivity index (χ1) is 17.2. The quantitative estimate of drug-likeness (QED) is 0.449. The molecule has 2 aromatic carbocycles. The third-order valence-corrected chi connectivity index (χ3v) is 10.3. The number of nitrogens with zero attached hydrogens (tertiary/aromatic N) is 3. The first kappa shape index (κ1) is 25.6. The molecule has 1 aromatic heterocycles. The highest BCUT2D eigenvalue weighted by atomic mass is 35.5. The molecule has 2 aliphatic rings. The molecule has 0 aliphatic carbocycles. The molecular weight excluding hydrogens is 544 g/mol. The number of hydrogen-bond donors (Lipinski definition) is 0. The molecule has 190 valence electrons. The molecule has 0 unspecified atom stereocenters. The Bertz CT molecular complexity index is 1390. The van der Waals surface area contributed by atoms with Crippen molar-refractivity contribution in [2.75, 3.05) is 39.3 Å². The van der Waals surface area contributed by atoms with Gasteiger partial charge in [-0.15, -0.1) is 11.3 Å². The Labute approximate surface area is 223 Å². The fourth-order valence-corrected chi connectivity index (χ4v) is 7.93. The summed E-state index contributed by atoms with van der Waals surface area (Å²) in [6.45, 7) is 1.74. The van der Waals surface area contributed by atoms with E-state index in [4.69, 9.17) is 23.2 Å². The summed E-state index contributed by atoms with van der Waals surface area (Å²) in [5.74, 6) is -0.383. The van der Waals surface area contributed by atoms with E-state index in [0.29, 0.717) is 6.54 Å². The average Bonchev–Trinajstić information content (AvgIpc) is 3.34. The number of fused-ring (bicyclic) bond motifs is 1. The highest BCUT2D eigenvalue weighted by Crippen LogP contribution is 2.38. The molecule has 6 nitrogen and oxygen atoms in total. The van der Waals surface area contributed by atoms with Gasteiger partial charge < -0.3 is 4.90 Å². The molecule has 0 spiro atoms. The van der Waals surface area contributed by atoms with E-state index in [0.717, 1.165) is 17.5 Å². The van der Waals surface area contributed by atoms with Crippen molar-refractivity contribution in [2.45, 2.75) is 17.4 Å². The number of carbonyl (C=O) groups excluding carboxylic acids is 1. The van der Waals surface area contributed by atoms with Crippen molar-refractivity contribution in [3.05, 3.63) is 85.8 Å². The van der Waals surface area contributed by atoms with Gasteiger partial charge in [-0.25, -0.2) is 12.8 Å². The first-order valence-corrected chi connectivity index (χ1v) is 14.6. The lowest BCUT2D eigenvalue weighted by molar-refractivity contribution is -0.134. The van der Waals surface area contributed by atoms with Crippen LogP contribution in [0.5, 0.6) is 0 Å². The summed E-state index contributed by atoms with van der Waals surface area (Å²) in [4.78, 5) is 18.3. The van der Waals surface area contributed by atoms with E-state index in [-0.39, 0.29) is 65.4 Å². The number of hydrogen-bond acceptors (Lipinski definition) is 5. The zero-order chi connectivity index (χ0) is 25.4.